The zero-order valence-electron chi connectivity index (χ0n) is 20.5. The molecule has 0 spiro atoms. The third kappa shape index (κ3) is 5.55. The highest BCUT2D eigenvalue weighted by molar-refractivity contribution is 6.46. The van der Waals surface area contributed by atoms with Gasteiger partial charge in [0.05, 0.1) is 24.8 Å². The number of aliphatic hydroxyl groups is 1. The van der Waals surface area contributed by atoms with Crippen molar-refractivity contribution in [2.45, 2.75) is 12.6 Å². The first kappa shape index (κ1) is 24.7. The lowest BCUT2D eigenvalue weighted by molar-refractivity contribution is -0.140. The van der Waals surface area contributed by atoms with Gasteiger partial charge in [-0.15, -0.1) is 0 Å². The Morgan fingerprint density at radius 2 is 1.73 bits per heavy atom. The maximum Gasteiger partial charge on any atom is 0.295 e. The van der Waals surface area contributed by atoms with E-state index in [9.17, 15) is 14.7 Å². The molecule has 0 saturated carbocycles. The van der Waals surface area contributed by atoms with Crippen molar-refractivity contribution in [3.63, 3.8) is 0 Å². The second kappa shape index (κ2) is 11.4. The maximum absolute atomic E-state index is 13.2. The first-order chi connectivity index (χ1) is 18.1. The predicted molar refractivity (Wildman–Crippen MR) is 138 cm³/mol. The van der Waals surface area contributed by atoms with E-state index in [2.05, 4.69) is 9.88 Å². The molecule has 1 aromatic heterocycles. The van der Waals surface area contributed by atoms with E-state index in [1.807, 2.05) is 36.4 Å². The fourth-order valence-electron chi connectivity index (χ4n) is 4.67. The van der Waals surface area contributed by atoms with Crippen molar-refractivity contribution >= 4 is 17.4 Å². The Kier molecular flexibility index (Phi) is 7.58. The van der Waals surface area contributed by atoms with E-state index < -0.39 is 17.7 Å². The third-order valence-electron chi connectivity index (χ3n) is 6.68. The lowest BCUT2D eigenvalue weighted by Crippen LogP contribution is -2.42. The van der Waals surface area contributed by atoms with Gasteiger partial charge in [-0.1, -0.05) is 36.4 Å². The number of Topliss-reactive ketones (excluding diaryl/α,β-unsaturated/α-hetero) is 1. The smallest absolute Gasteiger partial charge is 0.295 e. The quantitative estimate of drug-likeness (QED) is 0.288. The third-order valence-corrected chi connectivity index (χ3v) is 6.68. The molecule has 3 heterocycles. The van der Waals surface area contributed by atoms with Crippen LogP contribution in [0.1, 0.15) is 22.7 Å². The summed E-state index contributed by atoms with van der Waals surface area (Å²) in [6.45, 7) is 4.24. The van der Waals surface area contributed by atoms with E-state index in [1.165, 1.54) is 4.90 Å². The molecule has 1 unspecified atom stereocenters. The second-order valence-corrected chi connectivity index (χ2v) is 9.03. The SMILES string of the molecule is O=C1C(=O)N(CCN2CCOCC2)C(c2cccnc2)/C1=C(/O)c1ccc(OCc2ccccc2)cc1. The number of hydrogen-bond acceptors (Lipinski definition) is 7. The summed E-state index contributed by atoms with van der Waals surface area (Å²) in [4.78, 5) is 34.3. The number of morpholine rings is 1. The van der Waals surface area contributed by atoms with Gasteiger partial charge in [0.15, 0.2) is 0 Å². The van der Waals surface area contributed by atoms with Gasteiger partial charge in [0.2, 0.25) is 0 Å². The van der Waals surface area contributed by atoms with E-state index in [0.29, 0.717) is 49.8 Å². The molecule has 8 heteroatoms. The Hall–Kier alpha value is -4.01. The number of hydrogen-bond donors (Lipinski definition) is 1. The second-order valence-electron chi connectivity index (χ2n) is 9.03. The van der Waals surface area contributed by atoms with Gasteiger partial charge in [-0.2, -0.15) is 0 Å². The van der Waals surface area contributed by atoms with E-state index in [4.69, 9.17) is 9.47 Å². The van der Waals surface area contributed by atoms with Crippen LogP contribution < -0.4 is 4.74 Å². The number of rotatable bonds is 8. The van der Waals surface area contributed by atoms with Gasteiger partial charge in [0.25, 0.3) is 11.7 Å². The molecule has 5 rings (SSSR count). The summed E-state index contributed by atoms with van der Waals surface area (Å²) in [5.41, 5.74) is 2.22. The summed E-state index contributed by atoms with van der Waals surface area (Å²) in [5, 5.41) is 11.3. The molecule has 8 nitrogen and oxygen atoms in total. The molecule has 0 aliphatic carbocycles. The molecule has 3 aromatic rings. The average Bonchev–Trinajstić information content (AvgIpc) is 3.21. The highest BCUT2D eigenvalue weighted by atomic mass is 16.5. The number of carbonyl (C=O) groups excluding carboxylic acids is 2. The van der Waals surface area contributed by atoms with E-state index in [1.54, 1.807) is 42.7 Å². The minimum atomic E-state index is -0.719. The Balaban J connectivity index is 1.40. The van der Waals surface area contributed by atoms with Crippen LogP contribution in [0.2, 0.25) is 0 Å². The van der Waals surface area contributed by atoms with Crippen LogP contribution in [0.4, 0.5) is 0 Å². The molecule has 2 saturated heterocycles. The zero-order valence-corrected chi connectivity index (χ0v) is 20.5. The summed E-state index contributed by atoms with van der Waals surface area (Å²) in [7, 11) is 0. The lowest BCUT2D eigenvalue weighted by atomic mass is 9.96. The molecule has 2 fully saturated rings. The highest BCUT2D eigenvalue weighted by Gasteiger charge is 2.46. The maximum atomic E-state index is 13.2. The van der Waals surface area contributed by atoms with Crippen molar-refractivity contribution in [2.75, 3.05) is 39.4 Å². The summed E-state index contributed by atoms with van der Waals surface area (Å²) >= 11 is 0. The van der Waals surface area contributed by atoms with Crippen LogP contribution in [0.25, 0.3) is 5.76 Å². The van der Waals surface area contributed by atoms with Crippen LogP contribution in [0.15, 0.2) is 84.7 Å². The normalized spacial score (nSPS) is 19.8. The zero-order chi connectivity index (χ0) is 25.6. The van der Waals surface area contributed by atoms with Gasteiger partial charge >= 0.3 is 0 Å². The molecule has 0 radical (unpaired) electrons. The summed E-state index contributed by atoms with van der Waals surface area (Å²) in [5.74, 6) is -0.893. The van der Waals surface area contributed by atoms with Crippen molar-refractivity contribution < 1.29 is 24.2 Å². The van der Waals surface area contributed by atoms with Crippen molar-refractivity contribution in [2.24, 2.45) is 0 Å². The van der Waals surface area contributed by atoms with Gasteiger partial charge in [-0.05, 0) is 41.5 Å². The Morgan fingerprint density at radius 3 is 2.43 bits per heavy atom. The Bertz CT molecular complexity index is 1260. The summed E-state index contributed by atoms with van der Waals surface area (Å²) in [6.07, 6.45) is 3.27. The summed E-state index contributed by atoms with van der Waals surface area (Å²) < 4.78 is 11.2. The molecule has 1 N–H and O–H groups in total. The predicted octanol–water partition coefficient (Wildman–Crippen LogP) is 3.41. The molecular formula is C29H29N3O5. The number of ether oxygens (including phenoxy) is 2. The number of nitrogens with zero attached hydrogens (tertiary/aromatic N) is 3. The standard InChI is InChI=1S/C29H29N3O5/c33-27(22-8-10-24(11-9-22)37-20-21-5-2-1-3-6-21)25-26(23-7-4-12-30-19-23)32(29(35)28(25)34)14-13-31-15-17-36-18-16-31/h1-12,19,26,33H,13-18,20H2/b27-25-. The lowest BCUT2D eigenvalue weighted by Gasteiger charge is -2.30. The number of ketones is 1. The molecule has 2 aliphatic heterocycles. The number of aliphatic hydroxyl groups excluding tert-OH is 1. The van der Waals surface area contributed by atoms with Gasteiger partial charge in [-0.25, -0.2) is 0 Å². The van der Waals surface area contributed by atoms with Gasteiger partial charge in [0.1, 0.15) is 18.1 Å². The molecular weight excluding hydrogens is 470 g/mol. The number of benzene rings is 2. The molecule has 2 aromatic carbocycles. The van der Waals surface area contributed by atoms with Gasteiger partial charge < -0.3 is 19.5 Å². The number of aromatic nitrogens is 1. The molecule has 1 amide bonds. The largest absolute Gasteiger partial charge is 0.507 e. The molecule has 2 aliphatic rings. The monoisotopic (exact) mass is 499 g/mol. The van der Waals surface area contributed by atoms with E-state index >= 15 is 0 Å². The average molecular weight is 500 g/mol. The minimum Gasteiger partial charge on any atom is -0.507 e. The number of amides is 1. The minimum absolute atomic E-state index is 0.0675. The first-order valence-electron chi connectivity index (χ1n) is 12.4. The fraction of sp³-hybridized carbons (Fsp3) is 0.276. The van der Waals surface area contributed by atoms with Crippen molar-refractivity contribution in [1.29, 1.82) is 0 Å². The van der Waals surface area contributed by atoms with E-state index in [-0.39, 0.29) is 11.3 Å². The van der Waals surface area contributed by atoms with Gasteiger partial charge in [0, 0.05) is 44.1 Å². The van der Waals surface area contributed by atoms with Crippen LogP contribution in [-0.4, -0.2) is 71.0 Å². The molecule has 190 valence electrons. The fourth-order valence-corrected chi connectivity index (χ4v) is 4.67. The molecule has 0 bridgehead atoms. The van der Waals surface area contributed by atoms with Crippen LogP contribution in [0, 0.1) is 0 Å². The topological polar surface area (TPSA) is 92.2 Å². The summed E-state index contributed by atoms with van der Waals surface area (Å²) in [6, 6.07) is 19.5. The van der Waals surface area contributed by atoms with Crippen LogP contribution >= 0.6 is 0 Å². The number of likely N-dealkylation sites (tertiary alicyclic amines) is 1. The van der Waals surface area contributed by atoms with Crippen LogP contribution in [-0.2, 0) is 20.9 Å². The van der Waals surface area contributed by atoms with Crippen LogP contribution in [0.3, 0.4) is 0 Å². The van der Waals surface area contributed by atoms with Crippen molar-refractivity contribution in [1.82, 2.24) is 14.8 Å². The Morgan fingerprint density at radius 1 is 0.973 bits per heavy atom. The number of pyridine rings is 1. The molecule has 1 atom stereocenters. The van der Waals surface area contributed by atoms with Crippen LogP contribution in [0.5, 0.6) is 5.75 Å². The number of carbonyl (C=O) groups is 2. The van der Waals surface area contributed by atoms with E-state index in [0.717, 1.165) is 18.7 Å². The highest BCUT2D eigenvalue weighted by Crippen LogP contribution is 2.39. The Labute approximate surface area is 215 Å². The van der Waals surface area contributed by atoms with Crippen molar-refractivity contribution in [3.8, 4) is 5.75 Å². The first-order valence-corrected chi connectivity index (χ1v) is 12.4. The van der Waals surface area contributed by atoms with Crippen molar-refractivity contribution in [3.05, 3.63) is 101 Å². The van der Waals surface area contributed by atoms with Gasteiger partial charge in [-0.3, -0.25) is 19.5 Å². The molecule has 37 heavy (non-hydrogen) atoms.